The molecule has 0 aromatic heterocycles. The van der Waals surface area contributed by atoms with Crippen molar-refractivity contribution in [1.82, 2.24) is 4.90 Å². The van der Waals surface area contributed by atoms with Gasteiger partial charge < -0.3 is 9.84 Å². The number of nitrogens with zero attached hydrogens (tertiary/aromatic N) is 1. The number of benzene rings is 1. The van der Waals surface area contributed by atoms with E-state index in [9.17, 15) is 9.90 Å². The van der Waals surface area contributed by atoms with Gasteiger partial charge in [-0.05, 0) is 37.1 Å². The van der Waals surface area contributed by atoms with Crippen LogP contribution in [-0.4, -0.2) is 40.2 Å². The zero-order chi connectivity index (χ0) is 17.2. The fourth-order valence-electron chi connectivity index (χ4n) is 5.15. The predicted octanol–water partition coefficient (Wildman–Crippen LogP) is 3.16. The summed E-state index contributed by atoms with van der Waals surface area (Å²) in [5, 5.41) is 11.5. The molecular weight excluding hydrogens is 338 g/mol. The molecule has 1 aromatic carbocycles. The molecule has 1 aliphatic carbocycles. The highest BCUT2D eigenvalue weighted by Crippen LogP contribution is 2.54. The van der Waals surface area contributed by atoms with Gasteiger partial charge in [-0.25, -0.2) is 4.79 Å². The Labute approximate surface area is 151 Å². The van der Waals surface area contributed by atoms with Crippen LogP contribution in [0.5, 0.6) is 0 Å². The molecular formula is C20H20ClNO3. The first kappa shape index (κ1) is 15.6. The van der Waals surface area contributed by atoms with Gasteiger partial charge in [0.25, 0.3) is 0 Å². The molecule has 2 saturated heterocycles. The summed E-state index contributed by atoms with van der Waals surface area (Å²) in [4.78, 5) is 15.3. The Kier molecular flexibility index (Phi) is 3.40. The standard InChI is InChI=1S/C20H20ClNO3/c21-13-5-3-4-12(10-13)18(23)17-15-8-7-14-11-20(15,25-19(17)24)16-6-1-2-9-22(14)16/h3-5,7-8,10,14,16,18,23H,1-2,6,9,11H2/t14-,16-,18?,20+/m1/s1. The Bertz CT molecular complexity index is 817. The molecule has 4 nitrogen and oxygen atoms in total. The third-order valence-electron chi connectivity index (χ3n) is 6.18. The highest BCUT2D eigenvalue weighted by molar-refractivity contribution is 6.30. The van der Waals surface area contributed by atoms with Crippen molar-refractivity contribution in [1.29, 1.82) is 0 Å². The number of hydrogen-bond acceptors (Lipinski definition) is 4. The van der Waals surface area contributed by atoms with E-state index in [1.54, 1.807) is 24.3 Å². The summed E-state index contributed by atoms with van der Waals surface area (Å²) in [5.74, 6) is -0.389. The van der Waals surface area contributed by atoms with Crippen LogP contribution in [0.2, 0.25) is 5.02 Å². The first-order valence-corrected chi connectivity index (χ1v) is 9.33. The van der Waals surface area contributed by atoms with Crippen molar-refractivity contribution in [3.8, 4) is 0 Å². The summed E-state index contributed by atoms with van der Waals surface area (Å²) in [6.45, 7) is 1.05. The van der Waals surface area contributed by atoms with Crippen molar-refractivity contribution in [3.63, 3.8) is 0 Å². The Morgan fingerprint density at radius 2 is 2.24 bits per heavy atom. The van der Waals surface area contributed by atoms with Crippen LogP contribution >= 0.6 is 11.6 Å². The lowest BCUT2D eigenvalue weighted by Gasteiger charge is -2.37. The number of rotatable bonds is 2. The molecule has 3 aliphatic heterocycles. The molecule has 1 spiro atoms. The number of fused-ring (bicyclic) bond motifs is 3. The Morgan fingerprint density at radius 3 is 3.08 bits per heavy atom. The highest BCUT2D eigenvalue weighted by Gasteiger charge is 2.62. The van der Waals surface area contributed by atoms with E-state index in [1.165, 1.54) is 6.42 Å². The van der Waals surface area contributed by atoms with Gasteiger partial charge in [0.05, 0.1) is 11.6 Å². The quantitative estimate of drug-likeness (QED) is 0.826. The molecule has 1 N–H and O–H groups in total. The third-order valence-corrected chi connectivity index (χ3v) is 6.42. The van der Waals surface area contributed by atoms with E-state index in [1.807, 2.05) is 6.08 Å². The molecule has 5 heteroatoms. The Morgan fingerprint density at radius 1 is 1.36 bits per heavy atom. The number of ether oxygens (including phenoxy) is 1. The van der Waals surface area contributed by atoms with Gasteiger partial charge in [-0.15, -0.1) is 0 Å². The summed E-state index contributed by atoms with van der Waals surface area (Å²) in [7, 11) is 0. The van der Waals surface area contributed by atoms with Crippen LogP contribution in [-0.2, 0) is 9.53 Å². The summed E-state index contributed by atoms with van der Waals surface area (Å²) in [6.07, 6.45) is 7.37. The maximum absolute atomic E-state index is 12.8. The van der Waals surface area contributed by atoms with Crippen molar-refractivity contribution in [2.45, 2.75) is 49.5 Å². The van der Waals surface area contributed by atoms with E-state index in [0.717, 1.165) is 31.4 Å². The molecule has 1 unspecified atom stereocenters. The van der Waals surface area contributed by atoms with E-state index < -0.39 is 11.7 Å². The van der Waals surface area contributed by atoms with Gasteiger partial charge in [0.2, 0.25) is 0 Å². The molecule has 2 bridgehead atoms. The molecule has 130 valence electrons. The maximum Gasteiger partial charge on any atom is 0.338 e. The Hall–Kier alpha value is -1.62. The third kappa shape index (κ3) is 2.11. The lowest BCUT2D eigenvalue weighted by Crippen LogP contribution is -2.48. The van der Waals surface area contributed by atoms with E-state index >= 15 is 0 Å². The number of aliphatic hydroxyl groups excluding tert-OH is 1. The first-order valence-electron chi connectivity index (χ1n) is 8.95. The normalized spacial score (nSPS) is 34.7. The van der Waals surface area contributed by atoms with Crippen LogP contribution < -0.4 is 0 Å². The number of halogens is 1. The molecule has 2 fully saturated rings. The fourth-order valence-corrected chi connectivity index (χ4v) is 5.35. The van der Waals surface area contributed by atoms with Gasteiger partial charge >= 0.3 is 5.97 Å². The van der Waals surface area contributed by atoms with Gasteiger partial charge in [0, 0.05) is 23.1 Å². The number of hydrogen-bond donors (Lipinski definition) is 1. The molecule has 1 aromatic rings. The lowest BCUT2D eigenvalue weighted by atomic mass is 9.78. The smallest absolute Gasteiger partial charge is 0.338 e. The number of piperidine rings is 1. The first-order chi connectivity index (χ1) is 12.1. The van der Waals surface area contributed by atoms with Crippen LogP contribution in [0.1, 0.15) is 37.4 Å². The zero-order valence-electron chi connectivity index (χ0n) is 13.8. The van der Waals surface area contributed by atoms with E-state index in [2.05, 4.69) is 11.0 Å². The summed E-state index contributed by atoms with van der Waals surface area (Å²) >= 11 is 6.06. The van der Waals surface area contributed by atoms with Crippen molar-refractivity contribution >= 4 is 17.6 Å². The minimum atomic E-state index is -1.01. The second-order valence-corrected chi connectivity index (χ2v) is 7.88. The topological polar surface area (TPSA) is 49.8 Å². The lowest BCUT2D eigenvalue weighted by molar-refractivity contribution is -0.150. The van der Waals surface area contributed by atoms with E-state index in [4.69, 9.17) is 16.3 Å². The average molecular weight is 358 g/mol. The zero-order valence-corrected chi connectivity index (χ0v) is 14.6. The van der Waals surface area contributed by atoms with Crippen LogP contribution in [0, 0.1) is 0 Å². The summed E-state index contributed by atoms with van der Waals surface area (Å²) < 4.78 is 6.00. The van der Waals surface area contributed by atoms with Gasteiger partial charge in [0.15, 0.2) is 5.60 Å². The van der Waals surface area contributed by atoms with Crippen LogP contribution in [0.3, 0.4) is 0 Å². The van der Waals surface area contributed by atoms with E-state index in [0.29, 0.717) is 22.2 Å². The number of carbonyl (C=O) groups excluding carboxylic acids is 1. The van der Waals surface area contributed by atoms with Crippen LogP contribution in [0.25, 0.3) is 0 Å². The number of aliphatic hydroxyl groups is 1. The minimum absolute atomic E-state index is 0.226. The molecule has 0 amide bonds. The average Bonchev–Trinajstić information content (AvgIpc) is 3.05. The fraction of sp³-hybridized carbons (Fsp3) is 0.450. The second-order valence-electron chi connectivity index (χ2n) is 7.44. The molecule has 25 heavy (non-hydrogen) atoms. The molecule has 0 saturated carbocycles. The molecule has 0 radical (unpaired) electrons. The van der Waals surface area contributed by atoms with Gasteiger partial charge in [-0.2, -0.15) is 0 Å². The van der Waals surface area contributed by atoms with Crippen molar-refractivity contribution in [2.24, 2.45) is 0 Å². The SMILES string of the molecule is O=C1O[C@@]23C[C@@H](C=CC2=C1C(O)c1cccc(Cl)c1)N1CCCC[C@@H]13. The molecule has 4 atom stereocenters. The van der Waals surface area contributed by atoms with E-state index in [-0.39, 0.29) is 12.0 Å². The second kappa shape index (κ2) is 5.44. The van der Waals surface area contributed by atoms with Gasteiger partial charge in [0.1, 0.15) is 6.10 Å². The summed E-state index contributed by atoms with van der Waals surface area (Å²) in [5.41, 5.74) is 1.30. The largest absolute Gasteiger partial charge is 0.449 e. The van der Waals surface area contributed by atoms with Gasteiger partial charge in [-0.3, -0.25) is 4.90 Å². The Balaban J connectivity index is 1.62. The molecule has 4 aliphatic rings. The van der Waals surface area contributed by atoms with Gasteiger partial charge in [-0.1, -0.05) is 42.3 Å². The van der Waals surface area contributed by atoms with Crippen LogP contribution in [0.15, 0.2) is 47.6 Å². The van der Waals surface area contributed by atoms with Crippen LogP contribution in [0.4, 0.5) is 0 Å². The molecule has 3 heterocycles. The number of carbonyl (C=O) groups is 1. The van der Waals surface area contributed by atoms with Crippen molar-refractivity contribution in [3.05, 3.63) is 58.1 Å². The predicted molar refractivity (Wildman–Crippen MR) is 94.2 cm³/mol. The number of esters is 1. The minimum Gasteiger partial charge on any atom is -0.449 e. The highest BCUT2D eigenvalue weighted by atomic mass is 35.5. The van der Waals surface area contributed by atoms with Crippen molar-refractivity contribution < 1.29 is 14.6 Å². The maximum atomic E-state index is 12.8. The monoisotopic (exact) mass is 357 g/mol. The van der Waals surface area contributed by atoms with Crippen molar-refractivity contribution in [2.75, 3.05) is 6.54 Å². The molecule has 5 rings (SSSR count). The summed E-state index contributed by atoms with van der Waals surface area (Å²) in [6, 6.07) is 7.60.